The highest BCUT2D eigenvalue weighted by Gasteiger charge is 2.12. The molecule has 0 fully saturated rings. The molecule has 0 rings (SSSR count). The monoisotopic (exact) mass is 214 g/mol. The molecule has 0 radical (unpaired) electrons. The average Bonchev–Trinajstić information content (AvgIpc) is 2.18. The number of urea groups is 1. The molecule has 0 aromatic heterocycles. The fraction of sp³-hybridized carbons (Fsp3) is 0.556. The highest BCUT2D eigenvalue weighted by atomic mass is 16.4. The van der Waals surface area contributed by atoms with Gasteiger partial charge in [0.15, 0.2) is 6.10 Å². The summed E-state index contributed by atoms with van der Waals surface area (Å²) in [6.45, 7) is 1.99. The second-order valence-corrected chi connectivity index (χ2v) is 2.68. The van der Waals surface area contributed by atoms with Gasteiger partial charge in [-0.1, -0.05) is 5.92 Å². The molecule has 0 aromatic rings. The number of nitrogens with one attached hydrogen (secondary N) is 2. The molecule has 0 heterocycles. The van der Waals surface area contributed by atoms with E-state index in [0.29, 0.717) is 0 Å². The van der Waals surface area contributed by atoms with Crippen LogP contribution >= 0.6 is 0 Å². The second-order valence-electron chi connectivity index (χ2n) is 2.68. The third kappa shape index (κ3) is 7.34. The lowest BCUT2D eigenvalue weighted by Gasteiger charge is -2.07. The van der Waals surface area contributed by atoms with Gasteiger partial charge in [-0.25, -0.2) is 9.59 Å². The fourth-order valence-corrected chi connectivity index (χ4v) is 0.721. The van der Waals surface area contributed by atoms with Crippen LogP contribution in [-0.2, 0) is 4.79 Å². The Kier molecular flexibility index (Phi) is 6.76. The smallest absolute Gasteiger partial charge is 0.332 e. The third-order valence-electron chi connectivity index (χ3n) is 1.50. The molecule has 0 aromatic carbocycles. The van der Waals surface area contributed by atoms with Gasteiger partial charge in [0.25, 0.3) is 0 Å². The molecule has 0 aliphatic carbocycles. The molecule has 0 spiro atoms. The van der Waals surface area contributed by atoms with E-state index >= 15 is 0 Å². The Bertz CT molecular complexity index is 280. The van der Waals surface area contributed by atoms with Crippen LogP contribution in [0.1, 0.15) is 13.3 Å². The van der Waals surface area contributed by atoms with Gasteiger partial charge in [-0.15, -0.1) is 5.92 Å². The Balaban J connectivity index is 3.53. The Hall–Kier alpha value is -1.74. The maximum absolute atomic E-state index is 11.0. The number of carbonyl (C=O) groups is 2. The number of hydrogen-bond acceptors (Lipinski definition) is 3. The maximum Gasteiger partial charge on any atom is 0.332 e. The van der Waals surface area contributed by atoms with E-state index in [0.717, 1.165) is 0 Å². The summed E-state index contributed by atoms with van der Waals surface area (Å²) in [4.78, 5) is 21.1. The van der Waals surface area contributed by atoms with E-state index in [1.54, 1.807) is 6.92 Å². The largest absolute Gasteiger partial charge is 0.479 e. The Morgan fingerprint density at radius 3 is 2.60 bits per heavy atom. The first-order chi connectivity index (χ1) is 7.07. The van der Waals surface area contributed by atoms with Crippen molar-refractivity contribution >= 4 is 12.0 Å². The van der Waals surface area contributed by atoms with Crippen LogP contribution in [0.3, 0.4) is 0 Å². The topological polar surface area (TPSA) is 98.7 Å². The first-order valence-electron chi connectivity index (χ1n) is 4.40. The molecule has 1 unspecified atom stereocenters. The summed E-state index contributed by atoms with van der Waals surface area (Å²) in [5, 5.41) is 22.0. The fourth-order valence-electron chi connectivity index (χ4n) is 0.721. The summed E-state index contributed by atoms with van der Waals surface area (Å²) in [6.07, 6.45) is -1.47. The standard InChI is InChI=1S/C9H14N2O4/c1-2-3-5-10-9(15)11-6-4-7(12)8(13)14/h7,12H,4-6H2,1H3,(H,13,14)(H2,10,11,15). The zero-order chi connectivity index (χ0) is 11.7. The number of amides is 2. The minimum Gasteiger partial charge on any atom is -0.479 e. The van der Waals surface area contributed by atoms with Crippen molar-refractivity contribution in [2.24, 2.45) is 0 Å². The minimum absolute atomic E-state index is 0.0256. The van der Waals surface area contributed by atoms with Gasteiger partial charge >= 0.3 is 12.0 Å². The molecular formula is C9H14N2O4. The van der Waals surface area contributed by atoms with E-state index in [1.165, 1.54) is 0 Å². The third-order valence-corrected chi connectivity index (χ3v) is 1.50. The van der Waals surface area contributed by atoms with Gasteiger partial charge in [-0.3, -0.25) is 0 Å². The summed E-state index contributed by atoms with van der Waals surface area (Å²) in [5.74, 6) is 3.94. The molecule has 6 heteroatoms. The molecule has 15 heavy (non-hydrogen) atoms. The minimum atomic E-state index is -1.44. The first kappa shape index (κ1) is 13.3. The van der Waals surface area contributed by atoms with Crippen molar-refractivity contribution in [3.8, 4) is 11.8 Å². The van der Waals surface area contributed by atoms with Crippen molar-refractivity contribution in [2.75, 3.05) is 13.1 Å². The summed E-state index contributed by atoms with van der Waals surface area (Å²) in [7, 11) is 0. The lowest BCUT2D eigenvalue weighted by molar-refractivity contribution is -0.146. The van der Waals surface area contributed by atoms with E-state index < -0.39 is 18.1 Å². The van der Waals surface area contributed by atoms with E-state index in [2.05, 4.69) is 22.5 Å². The van der Waals surface area contributed by atoms with Crippen molar-refractivity contribution in [3.63, 3.8) is 0 Å². The van der Waals surface area contributed by atoms with Crippen LogP contribution in [0.15, 0.2) is 0 Å². The second kappa shape index (κ2) is 7.64. The van der Waals surface area contributed by atoms with E-state index in [4.69, 9.17) is 10.2 Å². The quantitative estimate of drug-likeness (QED) is 0.448. The molecule has 2 amide bonds. The summed E-state index contributed by atoms with van der Waals surface area (Å²) in [5.41, 5.74) is 0. The van der Waals surface area contributed by atoms with Gasteiger partial charge in [0.2, 0.25) is 0 Å². The molecule has 0 bridgehead atoms. The number of carbonyl (C=O) groups excluding carboxylic acids is 1. The van der Waals surface area contributed by atoms with E-state index in [9.17, 15) is 9.59 Å². The number of aliphatic hydroxyl groups excluding tert-OH is 1. The molecule has 0 saturated heterocycles. The Labute approximate surface area is 87.7 Å². The van der Waals surface area contributed by atoms with Crippen LogP contribution in [0.25, 0.3) is 0 Å². The summed E-state index contributed by atoms with van der Waals surface area (Å²) >= 11 is 0. The normalized spacial score (nSPS) is 10.8. The van der Waals surface area contributed by atoms with Crippen LogP contribution in [0.2, 0.25) is 0 Å². The van der Waals surface area contributed by atoms with E-state index in [-0.39, 0.29) is 19.5 Å². The molecule has 4 N–H and O–H groups in total. The molecule has 84 valence electrons. The SMILES string of the molecule is CC#CCNC(=O)NCCC(O)C(=O)O. The van der Waals surface area contributed by atoms with Crippen LogP contribution in [0, 0.1) is 11.8 Å². The van der Waals surface area contributed by atoms with Gasteiger partial charge in [-0.2, -0.15) is 0 Å². The van der Waals surface area contributed by atoms with Gasteiger partial charge < -0.3 is 20.8 Å². The summed E-state index contributed by atoms with van der Waals surface area (Å²) in [6, 6.07) is -0.435. The molecular weight excluding hydrogens is 200 g/mol. The predicted molar refractivity (Wildman–Crippen MR) is 53.1 cm³/mol. The molecule has 0 aliphatic heterocycles. The van der Waals surface area contributed by atoms with Crippen molar-refractivity contribution in [1.29, 1.82) is 0 Å². The maximum atomic E-state index is 11.0. The Morgan fingerprint density at radius 2 is 2.07 bits per heavy atom. The van der Waals surface area contributed by atoms with Gasteiger partial charge in [0.1, 0.15) is 0 Å². The highest BCUT2D eigenvalue weighted by Crippen LogP contribution is 1.88. The van der Waals surface area contributed by atoms with Crippen molar-refractivity contribution < 1.29 is 19.8 Å². The average molecular weight is 214 g/mol. The van der Waals surface area contributed by atoms with Crippen LogP contribution in [0.4, 0.5) is 4.79 Å². The number of aliphatic carboxylic acids is 1. The van der Waals surface area contributed by atoms with Gasteiger partial charge in [-0.05, 0) is 6.92 Å². The van der Waals surface area contributed by atoms with Gasteiger partial charge in [0, 0.05) is 13.0 Å². The Morgan fingerprint density at radius 1 is 1.40 bits per heavy atom. The molecule has 1 atom stereocenters. The number of carboxylic acids is 1. The van der Waals surface area contributed by atoms with Crippen molar-refractivity contribution in [1.82, 2.24) is 10.6 Å². The zero-order valence-corrected chi connectivity index (χ0v) is 8.41. The lowest BCUT2D eigenvalue weighted by atomic mass is 10.2. The first-order valence-corrected chi connectivity index (χ1v) is 4.40. The van der Waals surface area contributed by atoms with Crippen LogP contribution in [0.5, 0.6) is 0 Å². The molecule has 6 nitrogen and oxygen atoms in total. The summed E-state index contributed by atoms with van der Waals surface area (Å²) < 4.78 is 0. The van der Waals surface area contributed by atoms with Crippen LogP contribution in [-0.4, -0.2) is 41.4 Å². The lowest BCUT2D eigenvalue weighted by Crippen LogP contribution is -2.37. The number of rotatable bonds is 5. The highest BCUT2D eigenvalue weighted by molar-refractivity contribution is 5.74. The van der Waals surface area contributed by atoms with Gasteiger partial charge in [0.05, 0.1) is 6.54 Å². The van der Waals surface area contributed by atoms with Crippen molar-refractivity contribution in [3.05, 3.63) is 0 Å². The number of carboxylic acid groups (broad SMARTS) is 1. The number of aliphatic hydroxyl groups is 1. The predicted octanol–water partition coefficient (Wildman–Crippen LogP) is -0.855. The van der Waals surface area contributed by atoms with Crippen molar-refractivity contribution in [2.45, 2.75) is 19.4 Å². The molecule has 0 aliphatic rings. The number of hydrogen-bond donors (Lipinski definition) is 4. The zero-order valence-electron chi connectivity index (χ0n) is 8.41. The molecule has 0 saturated carbocycles. The van der Waals surface area contributed by atoms with E-state index in [1.807, 2.05) is 0 Å². The van der Waals surface area contributed by atoms with Crippen LogP contribution < -0.4 is 10.6 Å².